The molecule has 19 heavy (non-hydrogen) atoms. The number of hydrogen-bond donors (Lipinski definition) is 1. The second-order valence-electron chi connectivity index (χ2n) is 5.16. The van der Waals surface area contributed by atoms with Gasteiger partial charge in [-0.1, -0.05) is 31.3 Å². The Balaban J connectivity index is 2.40. The molecule has 6 heteroatoms. The van der Waals surface area contributed by atoms with Gasteiger partial charge in [0.15, 0.2) is 0 Å². The Morgan fingerprint density at radius 2 is 2.11 bits per heavy atom. The van der Waals surface area contributed by atoms with Crippen molar-refractivity contribution >= 4 is 27.2 Å². The van der Waals surface area contributed by atoms with E-state index in [1.165, 1.54) is 0 Å². The molecule has 1 saturated heterocycles. The Hall–Kier alpha value is -0.980. The predicted molar refractivity (Wildman–Crippen MR) is 79.5 cm³/mol. The topological polar surface area (TPSA) is 63.4 Å². The molecule has 1 heterocycles. The zero-order valence-electron chi connectivity index (χ0n) is 11.0. The fraction of sp³-hybridized carbons (Fsp3) is 0.462. The Bertz CT molecular complexity index is 598. The molecule has 1 aliphatic heterocycles. The van der Waals surface area contributed by atoms with Crippen molar-refractivity contribution in [2.45, 2.75) is 31.2 Å². The molecular formula is C13H18N2O2S2. The van der Waals surface area contributed by atoms with E-state index in [4.69, 9.17) is 18.0 Å². The van der Waals surface area contributed by atoms with Crippen LogP contribution in [0.3, 0.4) is 0 Å². The van der Waals surface area contributed by atoms with E-state index >= 15 is 0 Å². The predicted octanol–water partition coefficient (Wildman–Crippen LogP) is 1.74. The van der Waals surface area contributed by atoms with Crippen molar-refractivity contribution < 1.29 is 8.42 Å². The standard InChI is InChI=1S/C13H18N2O2S2/c1-9-6-10(2)15(8-9)19(16,17)12-5-3-4-11(7-12)13(14)18/h3-5,7,9-10H,6,8H2,1-2H3,(H2,14,18). The van der Waals surface area contributed by atoms with Crippen LogP contribution in [0.2, 0.25) is 0 Å². The molecule has 4 nitrogen and oxygen atoms in total. The highest BCUT2D eigenvalue weighted by Gasteiger charge is 2.36. The van der Waals surface area contributed by atoms with Gasteiger partial charge >= 0.3 is 0 Å². The van der Waals surface area contributed by atoms with Crippen LogP contribution in [0.15, 0.2) is 29.2 Å². The lowest BCUT2D eigenvalue weighted by molar-refractivity contribution is 0.405. The molecule has 0 saturated carbocycles. The van der Waals surface area contributed by atoms with Gasteiger partial charge in [-0.05, 0) is 31.4 Å². The number of sulfonamides is 1. The van der Waals surface area contributed by atoms with Crippen molar-refractivity contribution in [1.82, 2.24) is 4.31 Å². The van der Waals surface area contributed by atoms with E-state index in [-0.39, 0.29) is 15.9 Å². The third-order valence-corrected chi connectivity index (χ3v) is 5.66. The summed E-state index contributed by atoms with van der Waals surface area (Å²) in [6.45, 7) is 4.58. The van der Waals surface area contributed by atoms with Crippen molar-refractivity contribution in [3.8, 4) is 0 Å². The summed E-state index contributed by atoms with van der Waals surface area (Å²) in [5, 5.41) is 0. The number of nitrogens with two attached hydrogens (primary N) is 1. The molecule has 1 aliphatic rings. The van der Waals surface area contributed by atoms with Crippen molar-refractivity contribution in [3.63, 3.8) is 0 Å². The molecule has 1 aromatic rings. The van der Waals surface area contributed by atoms with Crippen LogP contribution in [0.1, 0.15) is 25.8 Å². The summed E-state index contributed by atoms with van der Waals surface area (Å²) in [7, 11) is -3.46. The van der Waals surface area contributed by atoms with Crippen LogP contribution in [-0.4, -0.2) is 30.3 Å². The minimum Gasteiger partial charge on any atom is -0.389 e. The molecule has 2 N–H and O–H groups in total. The molecule has 0 aromatic heterocycles. The monoisotopic (exact) mass is 298 g/mol. The van der Waals surface area contributed by atoms with Gasteiger partial charge < -0.3 is 5.73 Å². The Kier molecular flexibility index (Phi) is 3.94. The van der Waals surface area contributed by atoms with E-state index in [1.807, 2.05) is 6.92 Å². The van der Waals surface area contributed by atoms with Gasteiger partial charge in [0.1, 0.15) is 4.99 Å². The average Bonchev–Trinajstić information content (AvgIpc) is 2.69. The number of thiocarbonyl (C=S) groups is 1. The van der Waals surface area contributed by atoms with Gasteiger partial charge in [0, 0.05) is 18.2 Å². The molecule has 2 rings (SSSR count). The van der Waals surface area contributed by atoms with E-state index < -0.39 is 10.0 Å². The van der Waals surface area contributed by atoms with E-state index in [9.17, 15) is 8.42 Å². The third-order valence-electron chi connectivity index (χ3n) is 3.45. The Morgan fingerprint density at radius 1 is 1.42 bits per heavy atom. The summed E-state index contributed by atoms with van der Waals surface area (Å²) in [6, 6.07) is 6.57. The van der Waals surface area contributed by atoms with Crippen LogP contribution >= 0.6 is 12.2 Å². The van der Waals surface area contributed by atoms with Crippen LogP contribution in [0.4, 0.5) is 0 Å². The summed E-state index contributed by atoms with van der Waals surface area (Å²) in [5.74, 6) is 0.392. The third kappa shape index (κ3) is 2.80. The second kappa shape index (κ2) is 5.19. The molecule has 0 spiro atoms. The Labute approximate surface area is 119 Å². The van der Waals surface area contributed by atoms with E-state index in [2.05, 4.69) is 6.92 Å². The second-order valence-corrected chi connectivity index (χ2v) is 7.49. The van der Waals surface area contributed by atoms with E-state index in [1.54, 1.807) is 28.6 Å². The summed E-state index contributed by atoms with van der Waals surface area (Å²) < 4.78 is 26.8. The minimum absolute atomic E-state index is 0.0356. The van der Waals surface area contributed by atoms with E-state index in [0.29, 0.717) is 18.0 Å². The Morgan fingerprint density at radius 3 is 2.63 bits per heavy atom. The first kappa shape index (κ1) is 14.4. The summed E-state index contributed by atoms with van der Waals surface area (Å²) in [6.07, 6.45) is 0.897. The van der Waals surface area contributed by atoms with Gasteiger partial charge in [0.25, 0.3) is 0 Å². The molecule has 104 valence electrons. The highest BCUT2D eigenvalue weighted by molar-refractivity contribution is 7.89. The molecule has 2 atom stereocenters. The first-order valence-corrected chi connectivity index (χ1v) is 8.09. The van der Waals surface area contributed by atoms with Crippen molar-refractivity contribution in [2.24, 2.45) is 11.7 Å². The smallest absolute Gasteiger partial charge is 0.243 e. The van der Waals surface area contributed by atoms with Crippen LogP contribution in [0.25, 0.3) is 0 Å². The lowest BCUT2D eigenvalue weighted by atomic mass is 10.1. The molecule has 0 amide bonds. The highest BCUT2D eigenvalue weighted by atomic mass is 32.2. The van der Waals surface area contributed by atoms with Crippen LogP contribution < -0.4 is 5.73 Å². The maximum Gasteiger partial charge on any atom is 0.243 e. The fourth-order valence-corrected chi connectivity index (χ4v) is 4.48. The van der Waals surface area contributed by atoms with Gasteiger partial charge in [0.2, 0.25) is 10.0 Å². The van der Waals surface area contributed by atoms with Crippen molar-refractivity contribution in [1.29, 1.82) is 0 Å². The van der Waals surface area contributed by atoms with Crippen molar-refractivity contribution in [2.75, 3.05) is 6.54 Å². The molecule has 0 aliphatic carbocycles. The zero-order valence-corrected chi connectivity index (χ0v) is 12.7. The van der Waals surface area contributed by atoms with Crippen LogP contribution in [0, 0.1) is 5.92 Å². The average molecular weight is 298 g/mol. The molecular weight excluding hydrogens is 280 g/mol. The van der Waals surface area contributed by atoms with Crippen LogP contribution in [-0.2, 0) is 10.0 Å². The van der Waals surface area contributed by atoms with Gasteiger partial charge in [-0.3, -0.25) is 0 Å². The number of hydrogen-bond acceptors (Lipinski definition) is 3. The number of benzene rings is 1. The van der Waals surface area contributed by atoms with Gasteiger partial charge in [-0.25, -0.2) is 8.42 Å². The molecule has 2 unspecified atom stereocenters. The van der Waals surface area contributed by atoms with Crippen molar-refractivity contribution in [3.05, 3.63) is 29.8 Å². The largest absolute Gasteiger partial charge is 0.389 e. The SMILES string of the molecule is CC1CC(C)N(S(=O)(=O)c2cccc(C(N)=S)c2)C1. The molecule has 1 aromatic carbocycles. The van der Waals surface area contributed by atoms with Gasteiger partial charge in [-0.15, -0.1) is 0 Å². The van der Waals surface area contributed by atoms with E-state index in [0.717, 1.165) is 6.42 Å². The quantitative estimate of drug-likeness (QED) is 0.863. The maximum absolute atomic E-state index is 12.6. The van der Waals surface area contributed by atoms with Gasteiger partial charge in [0.05, 0.1) is 4.90 Å². The summed E-state index contributed by atoms with van der Waals surface area (Å²) >= 11 is 4.89. The normalized spacial score (nSPS) is 24.5. The zero-order chi connectivity index (χ0) is 14.2. The first-order valence-electron chi connectivity index (χ1n) is 6.24. The number of nitrogens with zero attached hydrogens (tertiary/aromatic N) is 1. The number of rotatable bonds is 3. The highest BCUT2D eigenvalue weighted by Crippen LogP contribution is 2.29. The first-order chi connectivity index (χ1) is 8.82. The lowest BCUT2D eigenvalue weighted by Gasteiger charge is -2.21. The summed E-state index contributed by atoms with van der Waals surface area (Å²) in [4.78, 5) is 0.471. The van der Waals surface area contributed by atoms with Gasteiger partial charge in [-0.2, -0.15) is 4.31 Å². The molecule has 0 bridgehead atoms. The molecule has 0 radical (unpaired) electrons. The summed E-state index contributed by atoms with van der Waals surface area (Å²) in [5.41, 5.74) is 6.13. The van der Waals surface area contributed by atoms with Crippen LogP contribution in [0.5, 0.6) is 0 Å². The fourth-order valence-electron chi connectivity index (χ4n) is 2.54. The maximum atomic E-state index is 12.6. The minimum atomic E-state index is -3.46. The molecule has 1 fully saturated rings. The lowest BCUT2D eigenvalue weighted by Crippen LogP contribution is -2.34.